The first-order valence-electron chi connectivity index (χ1n) is 6.78. The highest BCUT2D eigenvalue weighted by Crippen LogP contribution is 2.35. The maximum atomic E-state index is 12.9. The summed E-state index contributed by atoms with van der Waals surface area (Å²) >= 11 is 0. The molecular weight excluding hydrogens is 263 g/mol. The first-order valence-corrected chi connectivity index (χ1v) is 6.78. The van der Waals surface area contributed by atoms with Gasteiger partial charge in [0.1, 0.15) is 6.04 Å². The predicted molar refractivity (Wildman–Crippen MR) is 75.5 cm³/mol. The third-order valence-electron chi connectivity index (χ3n) is 3.54. The van der Waals surface area contributed by atoms with Crippen LogP contribution in [0.2, 0.25) is 0 Å². The highest BCUT2D eigenvalue weighted by atomic mass is 19.4. The highest BCUT2D eigenvalue weighted by molar-refractivity contribution is 5.87. The van der Waals surface area contributed by atoms with Crippen LogP contribution < -0.4 is 5.73 Å². The van der Waals surface area contributed by atoms with E-state index in [0.717, 1.165) is 29.2 Å². The molecule has 0 aromatic heterocycles. The van der Waals surface area contributed by atoms with E-state index in [2.05, 4.69) is 0 Å². The molecule has 108 valence electrons. The van der Waals surface area contributed by atoms with Crippen LogP contribution in [0.25, 0.3) is 10.8 Å². The number of nitrogens with two attached hydrogens (primary N) is 1. The van der Waals surface area contributed by atoms with Gasteiger partial charge in [-0.25, -0.2) is 0 Å². The fourth-order valence-electron chi connectivity index (χ4n) is 2.45. The van der Waals surface area contributed by atoms with E-state index in [1.54, 1.807) is 6.07 Å². The molecular formula is C16H18F3N. The molecule has 0 bridgehead atoms. The molecule has 0 saturated heterocycles. The van der Waals surface area contributed by atoms with Crippen LogP contribution in [0.5, 0.6) is 0 Å². The van der Waals surface area contributed by atoms with E-state index in [1.807, 2.05) is 31.2 Å². The Balaban J connectivity index is 2.58. The van der Waals surface area contributed by atoms with Crippen molar-refractivity contribution in [1.29, 1.82) is 0 Å². The second kappa shape index (κ2) is 5.83. The van der Waals surface area contributed by atoms with E-state index in [0.29, 0.717) is 6.42 Å². The van der Waals surface area contributed by atoms with Crippen molar-refractivity contribution in [3.63, 3.8) is 0 Å². The first kappa shape index (κ1) is 14.9. The van der Waals surface area contributed by atoms with Gasteiger partial charge in [-0.05, 0) is 34.7 Å². The van der Waals surface area contributed by atoms with Crippen LogP contribution in [0.4, 0.5) is 13.2 Å². The number of fused-ring (bicyclic) bond motifs is 1. The molecule has 0 amide bonds. The van der Waals surface area contributed by atoms with E-state index >= 15 is 0 Å². The topological polar surface area (TPSA) is 26.0 Å². The maximum absolute atomic E-state index is 12.9. The molecule has 1 nitrogen and oxygen atoms in total. The van der Waals surface area contributed by atoms with Crippen molar-refractivity contribution in [2.45, 2.75) is 38.4 Å². The van der Waals surface area contributed by atoms with Crippen LogP contribution in [-0.4, -0.2) is 6.18 Å². The maximum Gasteiger partial charge on any atom is 0.407 e. The third-order valence-corrected chi connectivity index (χ3v) is 3.54. The van der Waals surface area contributed by atoms with Gasteiger partial charge in [0.15, 0.2) is 0 Å². The number of unbranched alkanes of at least 4 members (excludes halogenated alkanes) is 1. The Hall–Kier alpha value is -1.55. The number of hydrogen-bond donors (Lipinski definition) is 1. The molecule has 2 aromatic carbocycles. The van der Waals surface area contributed by atoms with Crippen LogP contribution in [0, 0.1) is 0 Å². The van der Waals surface area contributed by atoms with Crippen molar-refractivity contribution in [1.82, 2.24) is 0 Å². The fourth-order valence-corrected chi connectivity index (χ4v) is 2.45. The number of alkyl halides is 3. The summed E-state index contributed by atoms with van der Waals surface area (Å²) < 4.78 is 38.7. The van der Waals surface area contributed by atoms with Crippen LogP contribution in [0.1, 0.15) is 36.9 Å². The number of benzene rings is 2. The van der Waals surface area contributed by atoms with Crippen molar-refractivity contribution in [3.05, 3.63) is 47.5 Å². The van der Waals surface area contributed by atoms with E-state index in [9.17, 15) is 13.2 Å². The normalized spacial score (nSPS) is 13.7. The molecule has 0 unspecified atom stereocenters. The van der Waals surface area contributed by atoms with Gasteiger partial charge in [-0.2, -0.15) is 13.2 Å². The SMILES string of the molecule is CCCCc1c([C@H](N)C(F)(F)F)ccc2ccccc12. The summed E-state index contributed by atoms with van der Waals surface area (Å²) in [5.41, 5.74) is 6.34. The summed E-state index contributed by atoms with van der Waals surface area (Å²) in [5, 5.41) is 1.83. The Kier molecular flexibility index (Phi) is 4.33. The molecule has 0 fully saturated rings. The zero-order valence-electron chi connectivity index (χ0n) is 11.4. The van der Waals surface area contributed by atoms with E-state index in [4.69, 9.17) is 5.73 Å². The monoisotopic (exact) mass is 281 g/mol. The lowest BCUT2D eigenvalue weighted by molar-refractivity contribution is -0.149. The molecule has 0 radical (unpaired) electrons. The molecule has 1 atom stereocenters. The lowest BCUT2D eigenvalue weighted by Gasteiger charge is -2.21. The van der Waals surface area contributed by atoms with Crippen LogP contribution >= 0.6 is 0 Å². The number of aryl methyl sites for hydroxylation is 1. The molecule has 2 rings (SSSR count). The molecule has 0 heterocycles. The van der Waals surface area contributed by atoms with Gasteiger partial charge in [-0.3, -0.25) is 0 Å². The Morgan fingerprint density at radius 1 is 1.10 bits per heavy atom. The molecule has 20 heavy (non-hydrogen) atoms. The molecule has 4 heteroatoms. The van der Waals surface area contributed by atoms with Crippen LogP contribution in [-0.2, 0) is 6.42 Å². The lowest BCUT2D eigenvalue weighted by atomic mass is 9.91. The molecule has 0 aliphatic carbocycles. The Morgan fingerprint density at radius 2 is 1.80 bits per heavy atom. The van der Waals surface area contributed by atoms with E-state index in [1.165, 1.54) is 6.07 Å². The smallest absolute Gasteiger partial charge is 0.316 e. The molecule has 2 N–H and O–H groups in total. The van der Waals surface area contributed by atoms with E-state index in [-0.39, 0.29) is 5.56 Å². The van der Waals surface area contributed by atoms with Gasteiger partial charge in [0.2, 0.25) is 0 Å². The molecule has 0 saturated carbocycles. The Morgan fingerprint density at radius 3 is 2.45 bits per heavy atom. The van der Waals surface area contributed by atoms with Gasteiger partial charge >= 0.3 is 6.18 Å². The zero-order chi connectivity index (χ0) is 14.8. The second-order valence-electron chi connectivity index (χ2n) is 4.98. The van der Waals surface area contributed by atoms with Crippen LogP contribution in [0.3, 0.4) is 0 Å². The summed E-state index contributed by atoms with van der Waals surface area (Å²) in [6.45, 7) is 2.02. The summed E-state index contributed by atoms with van der Waals surface area (Å²) in [5.74, 6) is 0. The van der Waals surface area contributed by atoms with Gasteiger partial charge in [-0.1, -0.05) is 49.7 Å². The van der Waals surface area contributed by atoms with Crippen molar-refractivity contribution in [2.75, 3.05) is 0 Å². The minimum Gasteiger partial charge on any atom is -0.316 e. The summed E-state index contributed by atoms with van der Waals surface area (Å²) in [4.78, 5) is 0. The Bertz CT molecular complexity index is 590. The molecule has 0 spiro atoms. The lowest BCUT2D eigenvalue weighted by Crippen LogP contribution is -2.29. The molecule has 2 aromatic rings. The van der Waals surface area contributed by atoms with Gasteiger partial charge < -0.3 is 5.73 Å². The number of halogens is 3. The average molecular weight is 281 g/mol. The van der Waals surface area contributed by atoms with Gasteiger partial charge in [-0.15, -0.1) is 0 Å². The van der Waals surface area contributed by atoms with E-state index < -0.39 is 12.2 Å². The quantitative estimate of drug-likeness (QED) is 0.860. The second-order valence-corrected chi connectivity index (χ2v) is 4.98. The summed E-state index contributed by atoms with van der Waals surface area (Å²) in [6.07, 6.45) is -2.00. The van der Waals surface area contributed by atoms with Gasteiger partial charge in [0, 0.05) is 0 Å². The van der Waals surface area contributed by atoms with Crippen molar-refractivity contribution in [3.8, 4) is 0 Å². The first-order chi connectivity index (χ1) is 9.45. The number of rotatable bonds is 4. The van der Waals surface area contributed by atoms with Gasteiger partial charge in [0.05, 0.1) is 0 Å². The largest absolute Gasteiger partial charge is 0.407 e. The van der Waals surface area contributed by atoms with Gasteiger partial charge in [0.25, 0.3) is 0 Å². The van der Waals surface area contributed by atoms with Crippen LogP contribution in [0.15, 0.2) is 36.4 Å². The molecule has 0 aliphatic rings. The summed E-state index contributed by atoms with van der Waals surface area (Å²) in [6, 6.07) is 8.83. The minimum absolute atomic E-state index is 0.199. The average Bonchev–Trinajstić information content (AvgIpc) is 2.42. The third kappa shape index (κ3) is 2.96. The predicted octanol–water partition coefficient (Wildman–Crippen LogP) is 4.74. The fraction of sp³-hybridized carbons (Fsp3) is 0.375. The zero-order valence-corrected chi connectivity index (χ0v) is 11.4. The Labute approximate surface area is 116 Å². The minimum atomic E-state index is -4.41. The summed E-state index contributed by atoms with van der Waals surface area (Å²) in [7, 11) is 0. The highest BCUT2D eigenvalue weighted by Gasteiger charge is 2.39. The van der Waals surface area contributed by atoms with Crippen molar-refractivity contribution < 1.29 is 13.2 Å². The standard InChI is InChI=1S/C16H18F3N/c1-2-3-7-13-12-8-5-4-6-11(12)9-10-14(13)15(20)16(17,18)19/h4-6,8-10,15H,2-3,7,20H2,1H3/t15-/m0/s1. The van der Waals surface area contributed by atoms with Crippen molar-refractivity contribution in [2.24, 2.45) is 5.73 Å². The van der Waals surface area contributed by atoms with Crippen molar-refractivity contribution >= 4 is 10.8 Å². The molecule has 0 aliphatic heterocycles. The number of hydrogen-bond acceptors (Lipinski definition) is 1.